The van der Waals surface area contributed by atoms with Gasteiger partial charge in [-0.05, 0) is 30.2 Å². The van der Waals surface area contributed by atoms with Crippen LogP contribution in [0.25, 0.3) is 44.0 Å². The summed E-state index contributed by atoms with van der Waals surface area (Å²) in [7, 11) is 0. The maximum atomic E-state index is 4.90. The number of hydrogen-bond donors (Lipinski definition) is 0. The smallest absolute Gasteiger partial charge is 0.161 e. The average Bonchev–Trinajstić information content (AvgIpc) is 2.66. The Hall–Kier alpha value is -3.26. The van der Waals surface area contributed by atoms with E-state index in [-0.39, 0.29) is 0 Å². The first-order chi connectivity index (χ1) is 12.3. The van der Waals surface area contributed by atoms with Crippen LogP contribution in [-0.4, -0.2) is 9.97 Å². The van der Waals surface area contributed by atoms with Crippen LogP contribution in [0.5, 0.6) is 0 Å². The van der Waals surface area contributed by atoms with Crippen molar-refractivity contribution in [3.63, 3.8) is 0 Å². The summed E-state index contributed by atoms with van der Waals surface area (Å²) in [5.74, 6) is 0. The molecule has 0 fully saturated rings. The summed E-state index contributed by atoms with van der Waals surface area (Å²) in [6.45, 7) is 2.11. The van der Waals surface area contributed by atoms with Crippen LogP contribution in [-0.2, 0) is 0 Å². The highest BCUT2D eigenvalue weighted by Gasteiger charge is 2.14. The van der Waals surface area contributed by atoms with Gasteiger partial charge in [0.05, 0.1) is 11.0 Å². The van der Waals surface area contributed by atoms with Crippen molar-refractivity contribution < 1.29 is 0 Å². The summed E-state index contributed by atoms with van der Waals surface area (Å²) in [6.07, 6.45) is 0. The number of benzene rings is 3. The number of nitrogens with zero attached hydrogens (tertiary/aromatic N) is 2. The second-order valence-corrected chi connectivity index (χ2v) is 6.38. The van der Waals surface area contributed by atoms with Crippen LogP contribution in [0, 0.1) is 6.92 Å². The van der Waals surface area contributed by atoms with E-state index < -0.39 is 0 Å². The van der Waals surface area contributed by atoms with Gasteiger partial charge in [0.15, 0.2) is 5.65 Å². The van der Waals surface area contributed by atoms with Crippen LogP contribution < -0.4 is 0 Å². The largest absolute Gasteiger partial charge is 0.228 e. The number of aryl methyl sites for hydroxylation is 1. The molecule has 0 atom stereocenters. The van der Waals surface area contributed by atoms with E-state index in [1.165, 1.54) is 22.1 Å². The first-order valence-electron chi connectivity index (χ1n) is 8.45. The van der Waals surface area contributed by atoms with Crippen molar-refractivity contribution in [3.8, 4) is 11.1 Å². The van der Waals surface area contributed by atoms with E-state index in [1.807, 2.05) is 18.2 Å². The van der Waals surface area contributed by atoms with Gasteiger partial charge in [0, 0.05) is 21.7 Å². The van der Waals surface area contributed by atoms with Gasteiger partial charge >= 0.3 is 0 Å². The van der Waals surface area contributed by atoms with Gasteiger partial charge in [-0.1, -0.05) is 66.7 Å². The fourth-order valence-corrected chi connectivity index (χ4v) is 3.55. The molecule has 0 saturated carbocycles. The summed E-state index contributed by atoms with van der Waals surface area (Å²) in [5, 5.41) is 3.42. The van der Waals surface area contributed by atoms with Crippen molar-refractivity contribution in [1.29, 1.82) is 0 Å². The van der Waals surface area contributed by atoms with Crippen molar-refractivity contribution in [2.45, 2.75) is 6.92 Å². The van der Waals surface area contributed by atoms with Crippen LogP contribution in [0.15, 0.2) is 78.9 Å². The molecule has 5 aromatic rings. The predicted octanol–water partition coefficient (Wildman–Crippen LogP) is 5.91. The lowest BCUT2D eigenvalue weighted by Gasteiger charge is -2.13. The topological polar surface area (TPSA) is 25.8 Å². The van der Waals surface area contributed by atoms with Gasteiger partial charge < -0.3 is 0 Å². The molecule has 2 nitrogen and oxygen atoms in total. The zero-order chi connectivity index (χ0) is 16.8. The summed E-state index contributed by atoms with van der Waals surface area (Å²) >= 11 is 0. The molecular weight excluding hydrogens is 304 g/mol. The van der Waals surface area contributed by atoms with Gasteiger partial charge in [0.25, 0.3) is 0 Å². The van der Waals surface area contributed by atoms with Crippen molar-refractivity contribution in [2.24, 2.45) is 0 Å². The van der Waals surface area contributed by atoms with Crippen molar-refractivity contribution >= 4 is 32.8 Å². The molecule has 2 heterocycles. The molecule has 0 bridgehead atoms. The highest BCUT2D eigenvalue weighted by Crippen LogP contribution is 2.36. The lowest BCUT2D eigenvalue weighted by molar-refractivity contribution is 1.35. The lowest BCUT2D eigenvalue weighted by Crippen LogP contribution is -1.94. The number of rotatable bonds is 1. The quantitative estimate of drug-likeness (QED) is 0.359. The Bertz CT molecular complexity index is 1240. The van der Waals surface area contributed by atoms with E-state index >= 15 is 0 Å². The average molecular weight is 320 g/mol. The molecule has 2 aromatic heterocycles. The predicted molar refractivity (Wildman–Crippen MR) is 105 cm³/mol. The van der Waals surface area contributed by atoms with Gasteiger partial charge in [-0.2, -0.15) is 0 Å². The Morgan fingerprint density at radius 1 is 0.680 bits per heavy atom. The van der Waals surface area contributed by atoms with Crippen LogP contribution in [0.2, 0.25) is 0 Å². The zero-order valence-electron chi connectivity index (χ0n) is 13.9. The highest BCUT2D eigenvalue weighted by atomic mass is 14.8. The molecule has 0 unspecified atom stereocenters. The van der Waals surface area contributed by atoms with Gasteiger partial charge in [0.2, 0.25) is 0 Å². The number of aromatic nitrogens is 2. The summed E-state index contributed by atoms with van der Waals surface area (Å²) < 4.78 is 0. The molecule has 0 N–H and O–H groups in total. The SMILES string of the molecule is Cc1cccc2c(-c3ccccc3)c3cc4ccccc4nc3nc12. The molecule has 0 radical (unpaired) electrons. The van der Waals surface area contributed by atoms with E-state index in [4.69, 9.17) is 9.97 Å². The fraction of sp³-hybridized carbons (Fsp3) is 0.0435. The van der Waals surface area contributed by atoms with Gasteiger partial charge in [-0.15, -0.1) is 0 Å². The second kappa shape index (κ2) is 5.38. The summed E-state index contributed by atoms with van der Waals surface area (Å²) in [5.41, 5.74) is 6.39. The normalized spacial score (nSPS) is 11.4. The van der Waals surface area contributed by atoms with Crippen molar-refractivity contribution in [2.75, 3.05) is 0 Å². The first-order valence-corrected chi connectivity index (χ1v) is 8.45. The molecule has 118 valence electrons. The van der Waals surface area contributed by atoms with E-state index in [0.29, 0.717) is 0 Å². The highest BCUT2D eigenvalue weighted by molar-refractivity contribution is 6.11. The van der Waals surface area contributed by atoms with Crippen molar-refractivity contribution in [3.05, 3.63) is 84.4 Å². The van der Waals surface area contributed by atoms with Gasteiger partial charge in [0.1, 0.15) is 0 Å². The monoisotopic (exact) mass is 320 g/mol. The lowest BCUT2D eigenvalue weighted by atomic mass is 9.95. The fourth-order valence-electron chi connectivity index (χ4n) is 3.55. The van der Waals surface area contributed by atoms with Crippen molar-refractivity contribution in [1.82, 2.24) is 9.97 Å². The van der Waals surface area contributed by atoms with E-state index in [0.717, 1.165) is 27.5 Å². The molecule has 0 amide bonds. The van der Waals surface area contributed by atoms with E-state index in [9.17, 15) is 0 Å². The minimum Gasteiger partial charge on any atom is -0.228 e. The minimum atomic E-state index is 0.805. The number of pyridine rings is 2. The van der Waals surface area contributed by atoms with Gasteiger partial charge in [-0.25, -0.2) is 9.97 Å². The van der Waals surface area contributed by atoms with Gasteiger partial charge in [-0.3, -0.25) is 0 Å². The Kier molecular flexibility index (Phi) is 3.04. The molecule has 0 spiro atoms. The Balaban J connectivity index is 2.04. The molecule has 0 aliphatic carbocycles. The van der Waals surface area contributed by atoms with Crippen LogP contribution in [0.3, 0.4) is 0 Å². The van der Waals surface area contributed by atoms with E-state index in [1.54, 1.807) is 0 Å². The third-order valence-corrected chi connectivity index (χ3v) is 4.76. The van der Waals surface area contributed by atoms with E-state index in [2.05, 4.69) is 67.6 Å². The summed E-state index contributed by atoms with van der Waals surface area (Å²) in [6, 6.07) is 27.3. The van der Waals surface area contributed by atoms with Crippen LogP contribution in [0.1, 0.15) is 5.56 Å². The Morgan fingerprint density at radius 3 is 2.36 bits per heavy atom. The maximum Gasteiger partial charge on any atom is 0.161 e. The third-order valence-electron chi connectivity index (χ3n) is 4.76. The zero-order valence-corrected chi connectivity index (χ0v) is 13.9. The molecule has 2 heteroatoms. The molecule has 5 rings (SSSR count). The molecule has 25 heavy (non-hydrogen) atoms. The molecule has 0 aliphatic rings. The minimum absolute atomic E-state index is 0.805. The first kappa shape index (κ1) is 14.1. The number of fused-ring (bicyclic) bond motifs is 3. The molecular formula is C23H16N2. The molecule has 3 aromatic carbocycles. The van der Waals surface area contributed by atoms with Crippen LogP contribution in [0.4, 0.5) is 0 Å². The third kappa shape index (κ3) is 2.18. The van der Waals surface area contributed by atoms with Crippen LogP contribution >= 0.6 is 0 Å². The Morgan fingerprint density at radius 2 is 1.48 bits per heavy atom. The second-order valence-electron chi connectivity index (χ2n) is 6.38. The summed E-state index contributed by atoms with van der Waals surface area (Å²) in [4.78, 5) is 9.75. The standard InChI is InChI=1S/C23H16N2/c1-15-8-7-12-18-21(16-9-3-2-4-10-16)19-14-17-11-5-6-13-20(17)24-23(19)25-22(15)18/h2-14H,1H3. The number of para-hydroxylation sites is 2. The molecule has 0 aliphatic heterocycles. The molecule has 0 saturated heterocycles. The Labute approximate surface area is 145 Å². The maximum absolute atomic E-state index is 4.90. The number of hydrogen-bond acceptors (Lipinski definition) is 2.